The normalized spacial score (nSPS) is 13.7. The number of halogens is 2. The Morgan fingerprint density at radius 3 is 2.54 bits per heavy atom. The van der Waals surface area contributed by atoms with Crippen LogP contribution in [0.15, 0.2) is 42.5 Å². The SMILES string of the molecule is COc1ccc(CN(CC(=O)NCc2ccc(Cl)cc2Cl)C2CC2)cc1. The van der Waals surface area contributed by atoms with Crippen LogP contribution in [0.2, 0.25) is 10.0 Å². The summed E-state index contributed by atoms with van der Waals surface area (Å²) in [5.74, 6) is 0.834. The molecule has 138 valence electrons. The van der Waals surface area contributed by atoms with E-state index in [1.165, 1.54) is 5.56 Å². The molecule has 1 amide bonds. The second-order valence-electron chi connectivity index (χ2n) is 6.50. The van der Waals surface area contributed by atoms with E-state index in [1.807, 2.05) is 30.3 Å². The van der Waals surface area contributed by atoms with E-state index in [1.54, 1.807) is 19.2 Å². The van der Waals surface area contributed by atoms with Crippen molar-refractivity contribution < 1.29 is 9.53 Å². The van der Waals surface area contributed by atoms with Gasteiger partial charge in [0.2, 0.25) is 5.91 Å². The van der Waals surface area contributed by atoms with Crippen molar-refractivity contribution in [2.24, 2.45) is 0 Å². The molecule has 1 aliphatic rings. The number of hydrogen-bond donors (Lipinski definition) is 1. The summed E-state index contributed by atoms with van der Waals surface area (Å²) in [7, 11) is 1.66. The Morgan fingerprint density at radius 1 is 1.19 bits per heavy atom. The summed E-state index contributed by atoms with van der Waals surface area (Å²) in [6, 6.07) is 13.8. The van der Waals surface area contributed by atoms with Gasteiger partial charge >= 0.3 is 0 Å². The van der Waals surface area contributed by atoms with E-state index < -0.39 is 0 Å². The van der Waals surface area contributed by atoms with Crippen LogP contribution in [-0.4, -0.2) is 30.5 Å². The van der Waals surface area contributed by atoms with E-state index in [0.29, 0.717) is 29.2 Å². The van der Waals surface area contributed by atoms with Crippen LogP contribution >= 0.6 is 23.2 Å². The first kappa shape index (κ1) is 19.0. The smallest absolute Gasteiger partial charge is 0.234 e. The first-order valence-corrected chi connectivity index (χ1v) is 9.38. The number of amides is 1. The molecule has 0 radical (unpaired) electrons. The Kier molecular flexibility index (Phi) is 6.41. The Labute approximate surface area is 164 Å². The third-order valence-electron chi connectivity index (χ3n) is 4.45. The molecule has 0 saturated heterocycles. The van der Waals surface area contributed by atoms with Crippen LogP contribution < -0.4 is 10.1 Å². The molecule has 1 fully saturated rings. The number of benzene rings is 2. The molecule has 3 rings (SSSR count). The highest BCUT2D eigenvalue weighted by Gasteiger charge is 2.30. The summed E-state index contributed by atoms with van der Waals surface area (Å²) in [5.41, 5.74) is 2.03. The number of methoxy groups -OCH3 is 1. The van der Waals surface area contributed by atoms with Crippen molar-refractivity contribution in [3.63, 3.8) is 0 Å². The molecular weight excluding hydrogens is 371 g/mol. The topological polar surface area (TPSA) is 41.6 Å². The van der Waals surface area contributed by atoms with Crippen molar-refractivity contribution >= 4 is 29.1 Å². The first-order valence-electron chi connectivity index (χ1n) is 8.63. The average Bonchev–Trinajstić information content (AvgIpc) is 3.46. The summed E-state index contributed by atoms with van der Waals surface area (Å²) < 4.78 is 5.19. The Morgan fingerprint density at radius 2 is 1.92 bits per heavy atom. The molecular formula is C20H22Cl2N2O2. The standard InChI is InChI=1S/C20H22Cl2N2O2/c1-26-18-8-2-14(3-9-18)12-24(17-6-7-17)13-20(25)23-11-15-4-5-16(21)10-19(15)22/h2-5,8-10,17H,6-7,11-13H2,1H3,(H,23,25). The van der Waals surface area contributed by atoms with Gasteiger partial charge < -0.3 is 10.1 Å². The van der Waals surface area contributed by atoms with Gasteiger partial charge in [-0.2, -0.15) is 0 Å². The average molecular weight is 393 g/mol. The molecule has 0 aromatic heterocycles. The molecule has 0 aliphatic heterocycles. The zero-order valence-electron chi connectivity index (χ0n) is 14.7. The molecule has 6 heteroatoms. The molecule has 0 bridgehead atoms. The number of hydrogen-bond acceptors (Lipinski definition) is 3. The van der Waals surface area contributed by atoms with Gasteiger partial charge in [-0.1, -0.05) is 41.4 Å². The zero-order chi connectivity index (χ0) is 18.5. The highest BCUT2D eigenvalue weighted by Crippen LogP contribution is 2.28. The quantitative estimate of drug-likeness (QED) is 0.728. The Bertz CT molecular complexity index is 761. The van der Waals surface area contributed by atoms with Crippen LogP contribution in [0.5, 0.6) is 5.75 Å². The fourth-order valence-electron chi connectivity index (χ4n) is 2.82. The monoisotopic (exact) mass is 392 g/mol. The largest absolute Gasteiger partial charge is 0.497 e. The first-order chi connectivity index (χ1) is 12.5. The van der Waals surface area contributed by atoms with E-state index in [2.05, 4.69) is 10.2 Å². The maximum absolute atomic E-state index is 12.4. The molecule has 1 saturated carbocycles. The molecule has 0 spiro atoms. The van der Waals surface area contributed by atoms with E-state index in [9.17, 15) is 4.79 Å². The fraction of sp³-hybridized carbons (Fsp3) is 0.350. The van der Waals surface area contributed by atoms with Crippen LogP contribution in [0.25, 0.3) is 0 Å². The molecule has 26 heavy (non-hydrogen) atoms. The summed E-state index contributed by atoms with van der Waals surface area (Å²) >= 11 is 12.1. The predicted octanol–water partition coefficient (Wildman–Crippen LogP) is 4.28. The van der Waals surface area contributed by atoms with Crippen LogP contribution in [0.3, 0.4) is 0 Å². The number of nitrogens with zero attached hydrogens (tertiary/aromatic N) is 1. The van der Waals surface area contributed by atoms with Gasteiger partial charge in [-0.15, -0.1) is 0 Å². The molecule has 1 aliphatic carbocycles. The molecule has 1 N–H and O–H groups in total. The molecule has 2 aromatic rings. The molecule has 2 aromatic carbocycles. The minimum atomic E-state index is -0.00331. The second-order valence-corrected chi connectivity index (χ2v) is 7.34. The highest BCUT2D eigenvalue weighted by atomic mass is 35.5. The summed E-state index contributed by atoms with van der Waals surface area (Å²) in [4.78, 5) is 14.6. The minimum absolute atomic E-state index is 0.00331. The summed E-state index contributed by atoms with van der Waals surface area (Å²) in [6.45, 7) is 1.53. The van der Waals surface area contributed by atoms with Crippen molar-refractivity contribution in [3.8, 4) is 5.75 Å². The van der Waals surface area contributed by atoms with Gasteiger partial charge in [0.05, 0.1) is 13.7 Å². The van der Waals surface area contributed by atoms with Crippen LogP contribution in [0.4, 0.5) is 0 Å². The van der Waals surface area contributed by atoms with E-state index >= 15 is 0 Å². The van der Waals surface area contributed by atoms with Gasteiger partial charge in [0.1, 0.15) is 5.75 Å². The number of rotatable bonds is 8. The molecule has 0 atom stereocenters. The summed E-state index contributed by atoms with van der Waals surface area (Å²) in [6.07, 6.45) is 2.29. The van der Waals surface area contributed by atoms with Crippen molar-refractivity contribution in [3.05, 3.63) is 63.6 Å². The molecule has 4 nitrogen and oxygen atoms in total. The third kappa shape index (κ3) is 5.37. The number of carbonyl (C=O) groups is 1. The lowest BCUT2D eigenvalue weighted by atomic mass is 10.2. The Hall–Kier alpha value is -1.75. The van der Waals surface area contributed by atoms with E-state index in [0.717, 1.165) is 30.7 Å². The van der Waals surface area contributed by atoms with Crippen molar-refractivity contribution in [2.45, 2.75) is 32.0 Å². The minimum Gasteiger partial charge on any atom is -0.497 e. The van der Waals surface area contributed by atoms with Gasteiger partial charge in [-0.05, 0) is 48.2 Å². The zero-order valence-corrected chi connectivity index (χ0v) is 16.2. The number of carbonyl (C=O) groups excluding carboxylic acids is 1. The van der Waals surface area contributed by atoms with Crippen molar-refractivity contribution in [1.82, 2.24) is 10.2 Å². The number of nitrogens with one attached hydrogen (secondary N) is 1. The lowest BCUT2D eigenvalue weighted by Crippen LogP contribution is -2.37. The van der Waals surface area contributed by atoms with Gasteiger partial charge in [0.25, 0.3) is 0 Å². The van der Waals surface area contributed by atoms with Gasteiger partial charge in [0, 0.05) is 29.2 Å². The summed E-state index contributed by atoms with van der Waals surface area (Å²) in [5, 5.41) is 4.10. The highest BCUT2D eigenvalue weighted by molar-refractivity contribution is 6.35. The van der Waals surface area contributed by atoms with Gasteiger partial charge in [-0.25, -0.2) is 0 Å². The van der Waals surface area contributed by atoms with E-state index in [4.69, 9.17) is 27.9 Å². The van der Waals surface area contributed by atoms with Gasteiger partial charge in [0.15, 0.2) is 0 Å². The van der Waals surface area contributed by atoms with Crippen LogP contribution in [0.1, 0.15) is 24.0 Å². The van der Waals surface area contributed by atoms with Gasteiger partial charge in [-0.3, -0.25) is 9.69 Å². The van der Waals surface area contributed by atoms with E-state index in [-0.39, 0.29) is 5.91 Å². The van der Waals surface area contributed by atoms with Crippen LogP contribution in [-0.2, 0) is 17.9 Å². The maximum atomic E-state index is 12.4. The lowest BCUT2D eigenvalue weighted by molar-refractivity contribution is -0.122. The van der Waals surface area contributed by atoms with Crippen LogP contribution in [0, 0.1) is 0 Å². The number of ether oxygens (including phenoxy) is 1. The Balaban J connectivity index is 1.54. The lowest BCUT2D eigenvalue weighted by Gasteiger charge is -2.21. The predicted molar refractivity (Wildman–Crippen MR) is 105 cm³/mol. The second kappa shape index (κ2) is 8.76. The fourth-order valence-corrected chi connectivity index (χ4v) is 3.29. The maximum Gasteiger partial charge on any atom is 0.234 e. The van der Waals surface area contributed by atoms with Crippen molar-refractivity contribution in [2.75, 3.05) is 13.7 Å². The third-order valence-corrected chi connectivity index (χ3v) is 5.03. The molecule has 0 heterocycles. The molecule has 0 unspecified atom stereocenters. The van der Waals surface area contributed by atoms with Crippen molar-refractivity contribution in [1.29, 1.82) is 0 Å².